The molecular formula is C27H30Cl2N8O4. The lowest BCUT2D eigenvalue weighted by atomic mass is 10.0. The fourth-order valence-electron chi connectivity index (χ4n) is 4.95. The van der Waals surface area contributed by atoms with Gasteiger partial charge in [0, 0.05) is 69.1 Å². The van der Waals surface area contributed by atoms with Crippen molar-refractivity contribution in [3.8, 4) is 22.6 Å². The zero-order valence-electron chi connectivity index (χ0n) is 23.2. The number of amides is 1. The molecule has 12 nitrogen and oxygen atoms in total. The first-order valence-corrected chi connectivity index (χ1v) is 13.7. The number of carbonyl (C=O) groups excluding carboxylic acids is 1. The van der Waals surface area contributed by atoms with Crippen LogP contribution in [0.4, 0.5) is 11.8 Å². The monoisotopic (exact) mass is 600 g/mol. The summed E-state index contributed by atoms with van der Waals surface area (Å²) in [6.07, 6.45) is 3.87. The number of nitrogens with one attached hydrogen (secondary N) is 2. The van der Waals surface area contributed by atoms with Gasteiger partial charge < -0.3 is 25.0 Å². The number of rotatable bonds is 8. The number of benzene rings is 1. The molecule has 0 aliphatic carbocycles. The average Bonchev–Trinajstić information content (AvgIpc) is 3.57. The highest BCUT2D eigenvalue weighted by atomic mass is 35.5. The summed E-state index contributed by atoms with van der Waals surface area (Å²) >= 11 is 13.2. The normalized spacial score (nSPS) is 16.7. The Labute approximate surface area is 246 Å². The third kappa shape index (κ3) is 5.36. The Kier molecular flexibility index (Phi) is 7.96. The summed E-state index contributed by atoms with van der Waals surface area (Å²) < 4.78 is 13.9. The van der Waals surface area contributed by atoms with Crippen molar-refractivity contribution in [1.29, 1.82) is 0 Å². The number of pyridine rings is 1. The Hall–Kier alpha value is -4.03. The highest BCUT2D eigenvalue weighted by Crippen LogP contribution is 2.45. The van der Waals surface area contributed by atoms with Gasteiger partial charge >= 0.3 is 0 Å². The number of anilines is 2. The van der Waals surface area contributed by atoms with Crippen LogP contribution in [0.25, 0.3) is 22.2 Å². The van der Waals surface area contributed by atoms with Crippen LogP contribution in [-0.2, 0) is 18.9 Å². The molecule has 1 aromatic carbocycles. The third-order valence-corrected chi connectivity index (χ3v) is 7.87. The van der Waals surface area contributed by atoms with E-state index in [9.17, 15) is 9.59 Å². The second-order valence-corrected chi connectivity index (χ2v) is 10.5. The van der Waals surface area contributed by atoms with Gasteiger partial charge in [-0.15, -0.1) is 0 Å². The van der Waals surface area contributed by atoms with Crippen LogP contribution in [0.5, 0.6) is 11.5 Å². The summed E-state index contributed by atoms with van der Waals surface area (Å²) in [5, 5.41) is 11.9. The summed E-state index contributed by atoms with van der Waals surface area (Å²) in [6, 6.07) is 4.73. The van der Waals surface area contributed by atoms with Crippen molar-refractivity contribution < 1.29 is 14.3 Å². The molecule has 4 heterocycles. The van der Waals surface area contributed by atoms with Crippen LogP contribution < -0.4 is 30.6 Å². The maximum absolute atomic E-state index is 13.6. The molecule has 41 heavy (non-hydrogen) atoms. The lowest BCUT2D eigenvalue weighted by Crippen LogP contribution is -2.46. The van der Waals surface area contributed by atoms with Crippen molar-refractivity contribution >= 4 is 51.9 Å². The predicted molar refractivity (Wildman–Crippen MR) is 158 cm³/mol. The number of halogens is 2. The standard InChI is InChI=1S/C27H30Cl2N8O4/c1-6-21(38)31-16-12-37(20-7-8-35(2)34-20)13-17(16)32-27-30-11-14-9-15(26(39)36(3)25(14)33-27)22-23(28)18(40-4)10-19(41-5)24(22)29/h7-11,16-17H,6,12-13H2,1-5H3,(H,31,38)(H,30,32,33). The van der Waals surface area contributed by atoms with Crippen molar-refractivity contribution in [1.82, 2.24) is 29.6 Å². The van der Waals surface area contributed by atoms with E-state index in [1.165, 1.54) is 18.8 Å². The zero-order chi connectivity index (χ0) is 29.4. The summed E-state index contributed by atoms with van der Waals surface area (Å²) in [4.78, 5) is 37.1. The van der Waals surface area contributed by atoms with Gasteiger partial charge in [-0.25, -0.2) is 4.98 Å². The average molecular weight is 601 g/mol. The van der Waals surface area contributed by atoms with Gasteiger partial charge in [0.2, 0.25) is 11.9 Å². The van der Waals surface area contributed by atoms with Crippen molar-refractivity contribution in [3.63, 3.8) is 0 Å². The number of carbonyl (C=O) groups is 1. The van der Waals surface area contributed by atoms with E-state index in [4.69, 9.17) is 32.7 Å². The second-order valence-electron chi connectivity index (χ2n) is 9.71. The Balaban J connectivity index is 1.50. The molecule has 1 saturated heterocycles. The lowest BCUT2D eigenvalue weighted by Gasteiger charge is -2.21. The number of aromatic nitrogens is 5. The first kappa shape index (κ1) is 28.5. The number of aryl methyl sites for hydroxylation is 2. The Morgan fingerprint density at radius 1 is 1.10 bits per heavy atom. The Morgan fingerprint density at radius 3 is 2.39 bits per heavy atom. The highest BCUT2D eigenvalue weighted by molar-refractivity contribution is 6.41. The minimum Gasteiger partial charge on any atom is -0.495 e. The molecule has 216 valence electrons. The van der Waals surface area contributed by atoms with Crippen LogP contribution in [0, 0.1) is 0 Å². The molecule has 0 bridgehead atoms. The van der Waals surface area contributed by atoms with Crippen LogP contribution in [0.1, 0.15) is 13.3 Å². The molecule has 1 amide bonds. The predicted octanol–water partition coefficient (Wildman–Crippen LogP) is 3.25. The molecular weight excluding hydrogens is 571 g/mol. The Bertz CT molecular complexity index is 1660. The maximum Gasteiger partial charge on any atom is 0.259 e. The number of methoxy groups -OCH3 is 2. The number of ether oxygens (including phenoxy) is 2. The van der Waals surface area contributed by atoms with E-state index >= 15 is 0 Å². The summed E-state index contributed by atoms with van der Waals surface area (Å²) in [6.45, 7) is 2.95. The molecule has 14 heteroatoms. The van der Waals surface area contributed by atoms with Crippen molar-refractivity contribution in [2.24, 2.45) is 14.1 Å². The SMILES string of the molecule is CCC(=O)NC1CN(c2ccn(C)n2)CC1Nc1ncc2cc(-c3c(Cl)c(OC)cc(OC)c3Cl)c(=O)n(C)c2n1. The third-order valence-electron chi connectivity index (χ3n) is 7.12. The lowest BCUT2D eigenvalue weighted by molar-refractivity contribution is -0.121. The van der Waals surface area contributed by atoms with Gasteiger partial charge in [0.1, 0.15) is 17.1 Å². The van der Waals surface area contributed by atoms with E-state index < -0.39 is 0 Å². The summed E-state index contributed by atoms with van der Waals surface area (Å²) in [7, 11) is 6.42. The maximum atomic E-state index is 13.6. The quantitative estimate of drug-likeness (QED) is 0.313. The molecule has 3 aromatic heterocycles. The second kappa shape index (κ2) is 11.5. The van der Waals surface area contributed by atoms with Gasteiger partial charge in [0.15, 0.2) is 5.82 Å². The van der Waals surface area contributed by atoms with E-state index in [0.29, 0.717) is 53.6 Å². The molecule has 1 aliphatic rings. The molecule has 1 aliphatic heterocycles. The van der Waals surface area contributed by atoms with E-state index in [2.05, 4.69) is 30.6 Å². The first-order valence-electron chi connectivity index (χ1n) is 12.9. The molecule has 2 unspecified atom stereocenters. The van der Waals surface area contributed by atoms with Gasteiger partial charge in [0.25, 0.3) is 5.56 Å². The molecule has 2 atom stereocenters. The molecule has 4 aromatic rings. The smallest absolute Gasteiger partial charge is 0.259 e. The van der Waals surface area contributed by atoms with Gasteiger partial charge in [0.05, 0.1) is 41.9 Å². The molecule has 1 fully saturated rings. The van der Waals surface area contributed by atoms with Gasteiger partial charge in [-0.3, -0.25) is 18.8 Å². The molecule has 0 saturated carbocycles. The van der Waals surface area contributed by atoms with E-state index in [1.54, 1.807) is 30.1 Å². The first-order chi connectivity index (χ1) is 19.6. The summed E-state index contributed by atoms with van der Waals surface area (Å²) in [5.74, 6) is 1.73. The van der Waals surface area contributed by atoms with Crippen molar-refractivity contribution in [3.05, 3.63) is 51.0 Å². The minimum atomic E-state index is -0.364. The summed E-state index contributed by atoms with van der Waals surface area (Å²) in [5.41, 5.74) is 0.591. The van der Waals surface area contributed by atoms with Crippen LogP contribution in [0.2, 0.25) is 10.0 Å². The molecule has 2 N–H and O–H groups in total. The van der Waals surface area contributed by atoms with Gasteiger partial charge in [-0.2, -0.15) is 10.1 Å². The van der Waals surface area contributed by atoms with E-state index in [0.717, 1.165) is 5.82 Å². The number of hydrogen-bond donors (Lipinski definition) is 2. The van der Waals surface area contributed by atoms with Crippen molar-refractivity contribution in [2.45, 2.75) is 25.4 Å². The zero-order valence-corrected chi connectivity index (χ0v) is 24.7. The largest absolute Gasteiger partial charge is 0.495 e. The molecule has 0 radical (unpaired) electrons. The van der Waals surface area contributed by atoms with Crippen LogP contribution in [0.3, 0.4) is 0 Å². The minimum absolute atomic E-state index is 0.0504. The number of fused-ring (bicyclic) bond motifs is 1. The molecule has 0 spiro atoms. The fraction of sp³-hybridized carbons (Fsp3) is 0.370. The van der Waals surface area contributed by atoms with Gasteiger partial charge in [-0.05, 0) is 6.07 Å². The Morgan fingerprint density at radius 2 is 1.78 bits per heavy atom. The number of nitrogens with zero attached hydrogens (tertiary/aromatic N) is 6. The van der Waals surface area contributed by atoms with Crippen LogP contribution >= 0.6 is 23.2 Å². The fourth-order valence-corrected chi connectivity index (χ4v) is 5.65. The van der Waals surface area contributed by atoms with Crippen molar-refractivity contribution in [2.75, 3.05) is 37.5 Å². The van der Waals surface area contributed by atoms with E-state index in [-0.39, 0.29) is 39.2 Å². The highest BCUT2D eigenvalue weighted by Gasteiger charge is 2.35. The van der Waals surface area contributed by atoms with Crippen LogP contribution in [0.15, 0.2) is 35.4 Å². The van der Waals surface area contributed by atoms with E-state index in [1.807, 2.05) is 26.2 Å². The topological polar surface area (TPSA) is 128 Å². The number of hydrogen-bond acceptors (Lipinski definition) is 9. The molecule has 5 rings (SSSR count). The van der Waals surface area contributed by atoms with Crippen LogP contribution in [-0.4, -0.2) is 69.6 Å². The van der Waals surface area contributed by atoms with Gasteiger partial charge in [-0.1, -0.05) is 30.1 Å².